The zero-order chi connectivity index (χ0) is 10.4. The summed E-state index contributed by atoms with van der Waals surface area (Å²) in [6.07, 6.45) is 3.78. The average molecular weight is 231 g/mol. The molecule has 1 aromatic heterocycles. The molecule has 2 nitrogen and oxygen atoms in total. The van der Waals surface area contributed by atoms with E-state index in [9.17, 15) is 0 Å². The van der Waals surface area contributed by atoms with Crippen molar-refractivity contribution in [3.63, 3.8) is 0 Å². The third-order valence-electron chi connectivity index (χ3n) is 1.81. The minimum absolute atomic E-state index is 0.655. The van der Waals surface area contributed by atoms with Gasteiger partial charge < -0.3 is 5.32 Å². The third-order valence-corrected chi connectivity index (χ3v) is 2.94. The largest absolute Gasteiger partial charge is 0.370 e. The van der Waals surface area contributed by atoms with Gasteiger partial charge in [0.25, 0.3) is 0 Å². The van der Waals surface area contributed by atoms with E-state index in [1.54, 1.807) is 6.20 Å². The van der Waals surface area contributed by atoms with Gasteiger partial charge in [-0.05, 0) is 30.1 Å². The van der Waals surface area contributed by atoms with Crippen LogP contribution in [0.5, 0.6) is 0 Å². The summed E-state index contributed by atoms with van der Waals surface area (Å²) in [5, 5.41) is 3.95. The van der Waals surface area contributed by atoms with Crippen molar-refractivity contribution in [2.24, 2.45) is 5.92 Å². The lowest BCUT2D eigenvalue weighted by molar-refractivity contribution is 0.699. The van der Waals surface area contributed by atoms with E-state index in [0.717, 1.165) is 12.4 Å². The Morgan fingerprint density at radius 1 is 1.57 bits per heavy atom. The lowest BCUT2D eigenvalue weighted by Crippen LogP contribution is -2.13. The number of nitrogens with zero attached hydrogens (tertiary/aromatic N) is 1. The van der Waals surface area contributed by atoms with Gasteiger partial charge in [-0.15, -0.1) is 0 Å². The molecule has 1 N–H and O–H groups in total. The summed E-state index contributed by atoms with van der Waals surface area (Å²) < 4.78 is 0. The van der Waals surface area contributed by atoms with Gasteiger partial charge in [-0.2, -0.15) is 11.8 Å². The summed E-state index contributed by atoms with van der Waals surface area (Å²) in [4.78, 5) is 4.16. The number of pyridine rings is 1. The van der Waals surface area contributed by atoms with E-state index < -0.39 is 0 Å². The first-order chi connectivity index (χ1) is 6.72. The Morgan fingerprint density at radius 2 is 2.36 bits per heavy atom. The Hall–Kier alpha value is -0.410. The zero-order valence-corrected chi connectivity index (χ0v) is 10.0. The smallest absolute Gasteiger partial charge is 0.125 e. The molecule has 0 aliphatic rings. The van der Waals surface area contributed by atoms with E-state index in [-0.39, 0.29) is 0 Å². The van der Waals surface area contributed by atoms with Crippen LogP contribution in [0.15, 0.2) is 18.3 Å². The van der Waals surface area contributed by atoms with Crippen LogP contribution in [-0.2, 0) is 0 Å². The number of hydrogen-bond donors (Lipinski definition) is 1. The molecular weight excluding hydrogens is 216 g/mol. The molecule has 0 bridgehead atoms. The van der Waals surface area contributed by atoms with Crippen LogP contribution in [0.3, 0.4) is 0 Å². The molecule has 1 aromatic rings. The molecule has 0 radical (unpaired) electrons. The van der Waals surface area contributed by atoms with Crippen LogP contribution < -0.4 is 5.32 Å². The number of nitrogens with one attached hydrogen (secondary N) is 1. The van der Waals surface area contributed by atoms with Gasteiger partial charge in [0.1, 0.15) is 5.82 Å². The Labute approximate surface area is 94.5 Å². The zero-order valence-electron chi connectivity index (χ0n) is 8.46. The molecule has 78 valence electrons. The summed E-state index contributed by atoms with van der Waals surface area (Å²) in [5.41, 5.74) is 0. The Balaban J connectivity index is 2.34. The fourth-order valence-electron chi connectivity index (χ4n) is 1.10. The molecule has 1 heterocycles. The van der Waals surface area contributed by atoms with Gasteiger partial charge in [-0.1, -0.05) is 18.5 Å². The van der Waals surface area contributed by atoms with Crippen LogP contribution in [-0.4, -0.2) is 23.5 Å². The molecule has 0 saturated heterocycles. The second kappa shape index (κ2) is 6.14. The molecule has 0 saturated carbocycles. The van der Waals surface area contributed by atoms with Crippen LogP contribution in [0.2, 0.25) is 5.02 Å². The minimum Gasteiger partial charge on any atom is -0.370 e. The maximum absolute atomic E-state index is 5.73. The highest BCUT2D eigenvalue weighted by Gasteiger charge is 2.00. The fourth-order valence-corrected chi connectivity index (χ4v) is 1.90. The van der Waals surface area contributed by atoms with Gasteiger partial charge in [0.2, 0.25) is 0 Å². The molecule has 14 heavy (non-hydrogen) atoms. The summed E-state index contributed by atoms with van der Waals surface area (Å²) in [5.74, 6) is 2.71. The van der Waals surface area contributed by atoms with Crippen LogP contribution in [0.25, 0.3) is 0 Å². The number of anilines is 1. The second-order valence-electron chi connectivity index (χ2n) is 3.30. The predicted octanol–water partition coefficient (Wildman–Crippen LogP) is 3.15. The summed E-state index contributed by atoms with van der Waals surface area (Å²) >= 11 is 7.60. The number of hydrogen-bond acceptors (Lipinski definition) is 3. The van der Waals surface area contributed by atoms with Crippen LogP contribution in [0.1, 0.15) is 6.92 Å². The number of halogens is 1. The van der Waals surface area contributed by atoms with Crippen LogP contribution in [0, 0.1) is 5.92 Å². The van der Waals surface area contributed by atoms with E-state index in [2.05, 4.69) is 23.5 Å². The molecule has 1 unspecified atom stereocenters. The minimum atomic E-state index is 0.655. The first-order valence-corrected chi connectivity index (χ1v) is 6.34. The maximum atomic E-state index is 5.73. The second-order valence-corrected chi connectivity index (χ2v) is 4.65. The highest BCUT2D eigenvalue weighted by Crippen LogP contribution is 2.11. The SMILES string of the molecule is CSCC(C)CNc1ccc(Cl)cn1. The number of aromatic nitrogens is 1. The van der Waals surface area contributed by atoms with Gasteiger partial charge in [-0.25, -0.2) is 4.98 Å². The Bertz CT molecular complexity index is 263. The van der Waals surface area contributed by atoms with Crippen molar-refractivity contribution < 1.29 is 0 Å². The molecule has 1 rings (SSSR count). The van der Waals surface area contributed by atoms with Gasteiger partial charge >= 0.3 is 0 Å². The molecule has 0 amide bonds. The monoisotopic (exact) mass is 230 g/mol. The van der Waals surface area contributed by atoms with Crippen molar-refractivity contribution in [2.75, 3.05) is 23.9 Å². The summed E-state index contributed by atoms with van der Waals surface area (Å²) in [6.45, 7) is 3.18. The topological polar surface area (TPSA) is 24.9 Å². The molecule has 0 aliphatic carbocycles. The van der Waals surface area contributed by atoms with Crippen molar-refractivity contribution in [3.8, 4) is 0 Å². The van der Waals surface area contributed by atoms with Crippen LogP contribution >= 0.6 is 23.4 Å². The molecule has 0 fully saturated rings. The molecule has 0 aliphatic heterocycles. The average Bonchev–Trinajstić information content (AvgIpc) is 2.17. The molecule has 0 spiro atoms. The van der Waals surface area contributed by atoms with Crippen molar-refractivity contribution in [1.82, 2.24) is 4.98 Å². The van der Waals surface area contributed by atoms with Gasteiger partial charge in [0.05, 0.1) is 5.02 Å². The predicted molar refractivity (Wildman–Crippen MR) is 65.3 cm³/mol. The van der Waals surface area contributed by atoms with E-state index in [0.29, 0.717) is 10.9 Å². The Kier molecular flexibility index (Phi) is 5.12. The molecular formula is C10H15ClN2S. The first-order valence-electron chi connectivity index (χ1n) is 4.56. The highest BCUT2D eigenvalue weighted by atomic mass is 35.5. The summed E-state index contributed by atoms with van der Waals surface area (Å²) in [7, 11) is 0. The van der Waals surface area contributed by atoms with E-state index in [1.165, 1.54) is 5.75 Å². The summed E-state index contributed by atoms with van der Waals surface area (Å²) in [6, 6.07) is 3.74. The van der Waals surface area contributed by atoms with E-state index in [1.807, 2.05) is 23.9 Å². The van der Waals surface area contributed by atoms with E-state index >= 15 is 0 Å². The standard InChI is InChI=1S/C10H15ClN2S/c1-8(7-14-2)5-12-10-4-3-9(11)6-13-10/h3-4,6,8H,5,7H2,1-2H3,(H,12,13). The van der Waals surface area contributed by atoms with Gasteiger partial charge in [0.15, 0.2) is 0 Å². The molecule has 1 atom stereocenters. The van der Waals surface area contributed by atoms with Crippen LogP contribution in [0.4, 0.5) is 5.82 Å². The lowest BCUT2D eigenvalue weighted by atomic mass is 10.2. The highest BCUT2D eigenvalue weighted by molar-refractivity contribution is 7.98. The lowest BCUT2D eigenvalue weighted by Gasteiger charge is -2.11. The molecule has 4 heteroatoms. The van der Waals surface area contributed by atoms with Gasteiger partial charge in [-0.3, -0.25) is 0 Å². The third kappa shape index (κ3) is 4.20. The van der Waals surface area contributed by atoms with E-state index in [4.69, 9.17) is 11.6 Å². The number of thioether (sulfide) groups is 1. The fraction of sp³-hybridized carbons (Fsp3) is 0.500. The normalized spacial score (nSPS) is 12.5. The maximum Gasteiger partial charge on any atom is 0.125 e. The van der Waals surface area contributed by atoms with Crippen molar-refractivity contribution in [2.45, 2.75) is 6.92 Å². The van der Waals surface area contributed by atoms with Crippen molar-refractivity contribution >= 4 is 29.2 Å². The first kappa shape index (κ1) is 11.7. The van der Waals surface area contributed by atoms with Gasteiger partial charge in [0, 0.05) is 12.7 Å². The molecule has 0 aromatic carbocycles. The number of rotatable bonds is 5. The van der Waals surface area contributed by atoms with Crippen molar-refractivity contribution in [1.29, 1.82) is 0 Å². The quantitative estimate of drug-likeness (QED) is 0.841. The van der Waals surface area contributed by atoms with Crippen molar-refractivity contribution in [3.05, 3.63) is 23.4 Å². The Morgan fingerprint density at radius 3 is 2.93 bits per heavy atom.